The largest absolute Gasteiger partial charge is 0.456 e. The van der Waals surface area contributed by atoms with E-state index in [-0.39, 0.29) is 0 Å². The fourth-order valence-electron chi connectivity index (χ4n) is 7.86. The highest BCUT2D eigenvalue weighted by Crippen LogP contribution is 2.44. The number of rotatable bonds is 7. The number of nitrogens with zero attached hydrogens (tertiary/aromatic N) is 4. The number of para-hydroxylation sites is 3. The highest BCUT2D eigenvalue weighted by Gasteiger charge is 2.22. The zero-order valence-electron chi connectivity index (χ0n) is 30.6. The second-order valence-corrected chi connectivity index (χ2v) is 14.0. The Hall–Kier alpha value is -7.83. The first kappa shape index (κ1) is 32.6. The highest BCUT2D eigenvalue weighted by molar-refractivity contribution is 6.14. The van der Waals surface area contributed by atoms with E-state index in [9.17, 15) is 0 Å². The lowest BCUT2D eigenvalue weighted by atomic mass is 10.0. The van der Waals surface area contributed by atoms with Gasteiger partial charge in [-0.1, -0.05) is 140 Å². The molecule has 11 aromatic rings. The van der Waals surface area contributed by atoms with Crippen LogP contribution in [0.3, 0.4) is 0 Å². The number of aromatic nitrogens is 3. The van der Waals surface area contributed by atoms with Crippen molar-refractivity contribution in [2.75, 3.05) is 4.90 Å². The van der Waals surface area contributed by atoms with Gasteiger partial charge < -0.3 is 13.7 Å². The van der Waals surface area contributed by atoms with Gasteiger partial charge in [-0.3, -0.25) is 0 Å². The highest BCUT2D eigenvalue weighted by atomic mass is 16.3. The monoisotopic (exact) mass is 732 g/mol. The van der Waals surface area contributed by atoms with Crippen LogP contribution in [0.25, 0.3) is 89.2 Å². The van der Waals surface area contributed by atoms with Gasteiger partial charge in [-0.05, 0) is 65.7 Å². The SMILES string of the molecule is c1ccc(-c2cccc(-c3nc(-c4ccccc4)nc(-c4cccc5oc6ccc(N(c7ccccc7)c7cccc8c7oc7ccccc78)cc6c45)n3)c2)cc1. The topological polar surface area (TPSA) is 68.2 Å². The molecule has 0 fully saturated rings. The molecular formula is C51H32N4O2. The quantitative estimate of drug-likeness (QED) is 0.162. The molecule has 6 nitrogen and oxygen atoms in total. The minimum atomic E-state index is 0.564. The van der Waals surface area contributed by atoms with Crippen LogP contribution in [-0.2, 0) is 0 Å². The molecule has 268 valence electrons. The molecule has 3 heterocycles. The average molecular weight is 733 g/mol. The van der Waals surface area contributed by atoms with E-state index in [1.807, 2.05) is 72.8 Å². The molecule has 0 aliphatic rings. The van der Waals surface area contributed by atoms with E-state index < -0.39 is 0 Å². The molecule has 0 aliphatic heterocycles. The Kier molecular flexibility index (Phi) is 7.71. The van der Waals surface area contributed by atoms with Gasteiger partial charge in [-0.2, -0.15) is 0 Å². The molecule has 57 heavy (non-hydrogen) atoms. The van der Waals surface area contributed by atoms with Crippen LogP contribution in [0.2, 0.25) is 0 Å². The molecular weight excluding hydrogens is 701 g/mol. The summed E-state index contributed by atoms with van der Waals surface area (Å²) in [5.74, 6) is 1.76. The lowest BCUT2D eigenvalue weighted by Crippen LogP contribution is -2.10. The number of benzene rings is 8. The molecule has 0 N–H and O–H groups in total. The summed E-state index contributed by atoms with van der Waals surface area (Å²) in [6.45, 7) is 0. The van der Waals surface area contributed by atoms with Gasteiger partial charge in [0.1, 0.15) is 16.7 Å². The van der Waals surface area contributed by atoms with Crippen molar-refractivity contribution >= 4 is 60.9 Å². The predicted octanol–water partition coefficient (Wildman–Crippen LogP) is 13.8. The van der Waals surface area contributed by atoms with E-state index in [4.69, 9.17) is 23.8 Å². The van der Waals surface area contributed by atoms with Crippen LogP contribution in [0, 0.1) is 0 Å². The smallest absolute Gasteiger partial charge is 0.164 e. The van der Waals surface area contributed by atoms with Crippen molar-refractivity contribution in [2.24, 2.45) is 0 Å². The van der Waals surface area contributed by atoms with Crippen molar-refractivity contribution in [1.29, 1.82) is 0 Å². The normalized spacial score (nSPS) is 11.5. The van der Waals surface area contributed by atoms with Crippen molar-refractivity contribution in [1.82, 2.24) is 15.0 Å². The van der Waals surface area contributed by atoms with Gasteiger partial charge in [0, 0.05) is 49.6 Å². The van der Waals surface area contributed by atoms with Gasteiger partial charge in [-0.25, -0.2) is 15.0 Å². The van der Waals surface area contributed by atoms with Crippen molar-refractivity contribution < 1.29 is 8.83 Å². The van der Waals surface area contributed by atoms with Gasteiger partial charge in [-0.15, -0.1) is 0 Å². The summed E-state index contributed by atoms with van der Waals surface area (Å²) >= 11 is 0. The van der Waals surface area contributed by atoms with Crippen molar-refractivity contribution in [3.63, 3.8) is 0 Å². The van der Waals surface area contributed by atoms with Crippen molar-refractivity contribution in [3.8, 4) is 45.3 Å². The van der Waals surface area contributed by atoms with Crippen LogP contribution >= 0.6 is 0 Å². The van der Waals surface area contributed by atoms with E-state index in [2.05, 4.69) is 126 Å². The summed E-state index contributed by atoms with van der Waals surface area (Å²) in [7, 11) is 0. The molecule has 11 rings (SSSR count). The van der Waals surface area contributed by atoms with Crippen molar-refractivity contribution in [2.45, 2.75) is 0 Å². The summed E-state index contributed by atoms with van der Waals surface area (Å²) in [6, 6.07) is 66.1. The molecule has 6 heteroatoms. The van der Waals surface area contributed by atoms with Crippen LogP contribution in [0.4, 0.5) is 17.1 Å². The summed E-state index contributed by atoms with van der Waals surface area (Å²) in [5, 5.41) is 4.03. The van der Waals surface area contributed by atoms with Gasteiger partial charge in [0.05, 0.1) is 5.69 Å². The Morgan fingerprint density at radius 2 is 0.947 bits per heavy atom. The van der Waals surface area contributed by atoms with Crippen LogP contribution in [0.1, 0.15) is 0 Å². The summed E-state index contributed by atoms with van der Waals surface area (Å²) < 4.78 is 13.1. The Morgan fingerprint density at radius 1 is 0.351 bits per heavy atom. The molecule has 3 aromatic heterocycles. The van der Waals surface area contributed by atoms with Gasteiger partial charge in [0.25, 0.3) is 0 Å². The second-order valence-electron chi connectivity index (χ2n) is 14.0. The number of anilines is 3. The molecule has 0 saturated carbocycles. The first-order valence-electron chi connectivity index (χ1n) is 18.9. The van der Waals surface area contributed by atoms with Gasteiger partial charge >= 0.3 is 0 Å². The zero-order valence-corrected chi connectivity index (χ0v) is 30.6. The molecule has 0 amide bonds. The van der Waals surface area contributed by atoms with E-state index in [1.54, 1.807) is 0 Å². The Balaban J connectivity index is 1.12. The molecule has 0 saturated heterocycles. The second kappa shape index (κ2) is 13.5. The maximum atomic E-state index is 6.57. The lowest BCUT2D eigenvalue weighted by Gasteiger charge is -2.25. The standard InChI is InChI=1S/C51H32N4O2/c1-4-15-33(16-5-1)35-19-12-20-36(31-35)50-52-49(34-17-6-2-7-18-34)53-51(54-50)41-25-14-28-46-47(41)42-32-38(29-30-45(42)56-46)55(37-21-8-3-9-22-37)43-26-13-24-40-39-23-10-11-27-44(39)57-48(40)43/h1-32H. The third kappa shape index (κ3) is 5.70. The van der Waals surface area contributed by atoms with E-state index >= 15 is 0 Å². The van der Waals surface area contributed by atoms with Crippen LogP contribution in [0.15, 0.2) is 203 Å². The molecule has 0 spiro atoms. The maximum Gasteiger partial charge on any atom is 0.164 e. The summed E-state index contributed by atoms with van der Waals surface area (Å²) in [6.07, 6.45) is 0. The third-order valence-corrected chi connectivity index (χ3v) is 10.5. The summed E-state index contributed by atoms with van der Waals surface area (Å²) in [4.78, 5) is 17.6. The summed E-state index contributed by atoms with van der Waals surface area (Å²) in [5.41, 5.74) is 11.0. The number of hydrogen-bond acceptors (Lipinski definition) is 6. The van der Waals surface area contributed by atoms with Gasteiger partial charge in [0.2, 0.25) is 0 Å². The van der Waals surface area contributed by atoms with E-state index in [1.165, 1.54) is 0 Å². The third-order valence-electron chi connectivity index (χ3n) is 10.5. The Morgan fingerprint density at radius 3 is 1.77 bits per heavy atom. The Bertz CT molecular complexity index is 3250. The van der Waals surface area contributed by atoms with Crippen LogP contribution in [0.5, 0.6) is 0 Å². The molecule has 0 radical (unpaired) electrons. The molecule has 0 aliphatic carbocycles. The molecule has 0 bridgehead atoms. The first-order chi connectivity index (χ1) is 28.2. The number of furan rings is 2. The Labute approximate surface area is 328 Å². The fraction of sp³-hybridized carbons (Fsp3) is 0. The van der Waals surface area contributed by atoms with Crippen LogP contribution < -0.4 is 4.90 Å². The lowest BCUT2D eigenvalue weighted by molar-refractivity contribution is 0.669. The van der Waals surface area contributed by atoms with Gasteiger partial charge in [0.15, 0.2) is 23.1 Å². The predicted molar refractivity (Wildman–Crippen MR) is 231 cm³/mol. The maximum absolute atomic E-state index is 6.57. The minimum absolute atomic E-state index is 0.564. The van der Waals surface area contributed by atoms with E-state index in [0.29, 0.717) is 17.5 Å². The number of fused-ring (bicyclic) bond motifs is 6. The zero-order chi connectivity index (χ0) is 37.7. The fourth-order valence-corrected chi connectivity index (χ4v) is 7.86. The molecule has 8 aromatic carbocycles. The molecule has 0 atom stereocenters. The first-order valence-corrected chi connectivity index (χ1v) is 18.9. The molecule has 0 unspecified atom stereocenters. The minimum Gasteiger partial charge on any atom is -0.456 e. The number of hydrogen-bond donors (Lipinski definition) is 0. The van der Waals surface area contributed by atoms with Crippen LogP contribution in [-0.4, -0.2) is 15.0 Å². The van der Waals surface area contributed by atoms with Crippen molar-refractivity contribution in [3.05, 3.63) is 194 Å². The average Bonchev–Trinajstić information content (AvgIpc) is 3.86. The van der Waals surface area contributed by atoms with E-state index in [0.717, 1.165) is 88.8 Å².